The smallest absolute Gasteiger partial charge is 0.193 e. The fourth-order valence-electron chi connectivity index (χ4n) is 3.10. The Bertz CT molecular complexity index is 685. The number of furan rings is 1. The number of aliphatic imine (C=N–C) groups is 1. The number of halogens is 2. The highest BCUT2D eigenvalue weighted by molar-refractivity contribution is 14.0. The zero-order chi connectivity index (χ0) is 17.5. The van der Waals surface area contributed by atoms with Gasteiger partial charge in [0.15, 0.2) is 5.96 Å². The van der Waals surface area contributed by atoms with Gasteiger partial charge < -0.3 is 14.6 Å². The lowest BCUT2D eigenvalue weighted by Gasteiger charge is -2.36. The first kappa shape index (κ1) is 20.7. The quantitative estimate of drug-likeness (QED) is 0.413. The third-order valence-corrected chi connectivity index (χ3v) is 4.41. The number of rotatable bonds is 5. The zero-order valence-electron chi connectivity index (χ0n) is 15.0. The molecule has 0 bridgehead atoms. The molecule has 0 atom stereocenters. The molecule has 2 aromatic rings. The minimum absolute atomic E-state index is 0. The first-order chi connectivity index (χ1) is 12.2. The van der Waals surface area contributed by atoms with Crippen LogP contribution in [0.25, 0.3) is 0 Å². The molecule has 142 valence electrons. The van der Waals surface area contributed by atoms with Crippen LogP contribution in [0.15, 0.2) is 52.1 Å². The maximum absolute atomic E-state index is 13.3. The summed E-state index contributed by atoms with van der Waals surface area (Å²) in [6.45, 7) is 5.29. The van der Waals surface area contributed by atoms with Crippen LogP contribution < -0.4 is 5.32 Å². The van der Waals surface area contributed by atoms with Crippen LogP contribution in [0.5, 0.6) is 0 Å². The predicted molar refractivity (Wildman–Crippen MR) is 112 cm³/mol. The molecule has 0 radical (unpaired) electrons. The van der Waals surface area contributed by atoms with Crippen LogP contribution >= 0.6 is 24.0 Å². The molecule has 7 heteroatoms. The van der Waals surface area contributed by atoms with E-state index in [4.69, 9.17) is 4.42 Å². The highest BCUT2D eigenvalue weighted by Crippen LogP contribution is 2.10. The molecule has 0 aliphatic carbocycles. The van der Waals surface area contributed by atoms with E-state index in [1.54, 1.807) is 18.4 Å². The van der Waals surface area contributed by atoms with E-state index in [9.17, 15) is 4.39 Å². The third kappa shape index (κ3) is 5.98. The Morgan fingerprint density at radius 2 is 2.00 bits per heavy atom. The van der Waals surface area contributed by atoms with Crippen molar-refractivity contribution < 1.29 is 8.81 Å². The van der Waals surface area contributed by atoms with E-state index in [1.807, 2.05) is 25.2 Å². The number of hydrogen-bond donors (Lipinski definition) is 1. The lowest BCUT2D eigenvalue weighted by Crippen LogP contribution is -2.52. The Hall–Kier alpha value is -1.61. The topological polar surface area (TPSA) is 44.0 Å². The molecule has 26 heavy (non-hydrogen) atoms. The average Bonchev–Trinajstić information content (AvgIpc) is 3.13. The van der Waals surface area contributed by atoms with Crippen LogP contribution in [-0.2, 0) is 13.0 Å². The Morgan fingerprint density at radius 3 is 2.65 bits per heavy atom. The summed E-state index contributed by atoms with van der Waals surface area (Å²) in [5.74, 6) is 1.73. The summed E-state index contributed by atoms with van der Waals surface area (Å²) in [6.07, 6.45) is 2.54. The Morgan fingerprint density at radius 1 is 1.19 bits per heavy atom. The zero-order valence-corrected chi connectivity index (χ0v) is 17.4. The van der Waals surface area contributed by atoms with Gasteiger partial charge in [-0.25, -0.2) is 4.39 Å². The molecule has 1 fully saturated rings. The Labute approximate surface area is 171 Å². The molecule has 0 saturated carbocycles. The highest BCUT2D eigenvalue weighted by Gasteiger charge is 2.19. The summed E-state index contributed by atoms with van der Waals surface area (Å²) in [5.41, 5.74) is 1.02. The lowest BCUT2D eigenvalue weighted by atomic mass is 10.2. The lowest BCUT2D eigenvalue weighted by molar-refractivity contribution is 0.172. The molecule has 1 saturated heterocycles. The van der Waals surface area contributed by atoms with Crippen LogP contribution in [0.3, 0.4) is 0 Å². The summed E-state index contributed by atoms with van der Waals surface area (Å²) in [7, 11) is 1.81. The first-order valence-corrected chi connectivity index (χ1v) is 8.69. The molecule has 0 unspecified atom stereocenters. The van der Waals surface area contributed by atoms with Crippen molar-refractivity contribution >= 4 is 29.9 Å². The third-order valence-electron chi connectivity index (χ3n) is 4.41. The summed E-state index contributed by atoms with van der Waals surface area (Å²) >= 11 is 0. The predicted octanol–water partition coefficient (Wildman–Crippen LogP) is 2.97. The largest absolute Gasteiger partial charge is 0.469 e. The van der Waals surface area contributed by atoms with E-state index < -0.39 is 0 Å². The second-order valence-corrected chi connectivity index (χ2v) is 6.20. The van der Waals surface area contributed by atoms with Gasteiger partial charge in [-0.3, -0.25) is 9.89 Å². The molecule has 1 aromatic carbocycles. The van der Waals surface area contributed by atoms with Gasteiger partial charge in [0, 0.05) is 52.7 Å². The number of nitrogens with one attached hydrogen (secondary N) is 1. The van der Waals surface area contributed by atoms with Gasteiger partial charge in [-0.1, -0.05) is 12.1 Å². The maximum atomic E-state index is 13.3. The van der Waals surface area contributed by atoms with Gasteiger partial charge in [0.25, 0.3) is 0 Å². The van der Waals surface area contributed by atoms with Crippen LogP contribution in [0.4, 0.5) is 4.39 Å². The van der Waals surface area contributed by atoms with E-state index in [0.29, 0.717) is 0 Å². The van der Waals surface area contributed by atoms with Gasteiger partial charge in [0.05, 0.1) is 6.26 Å². The molecule has 1 aliphatic heterocycles. The molecule has 5 nitrogen and oxygen atoms in total. The second kappa shape index (κ2) is 10.5. The SMILES string of the molecule is CN=C(NCCc1ccco1)N1CCN(Cc2cccc(F)c2)CC1.I. The Kier molecular flexibility index (Phi) is 8.37. The highest BCUT2D eigenvalue weighted by atomic mass is 127. The molecule has 0 spiro atoms. The van der Waals surface area contributed by atoms with Crippen LogP contribution in [0.2, 0.25) is 0 Å². The van der Waals surface area contributed by atoms with E-state index in [1.165, 1.54) is 6.07 Å². The standard InChI is InChI=1S/C19H25FN4O.HI/c1-21-19(22-8-7-18-6-3-13-25-18)24-11-9-23(10-12-24)15-16-4-2-5-17(20)14-16;/h2-6,13-14H,7-12,15H2,1H3,(H,21,22);1H. The maximum Gasteiger partial charge on any atom is 0.193 e. The van der Waals surface area contributed by atoms with Crippen molar-refractivity contribution in [1.82, 2.24) is 15.1 Å². The van der Waals surface area contributed by atoms with E-state index in [2.05, 4.69) is 20.1 Å². The van der Waals surface area contributed by atoms with Crippen molar-refractivity contribution in [2.75, 3.05) is 39.8 Å². The molecule has 0 amide bonds. The number of hydrogen-bond acceptors (Lipinski definition) is 3. The van der Waals surface area contributed by atoms with Gasteiger partial charge in [0.1, 0.15) is 11.6 Å². The van der Waals surface area contributed by atoms with E-state index in [-0.39, 0.29) is 29.8 Å². The van der Waals surface area contributed by atoms with Gasteiger partial charge in [-0.2, -0.15) is 0 Å². The van der Waals surface area contributed by atoms with Gasteiger partial charge >= 0.3 is 0 Å². The van der Waals surface area contributed by atoms with Crippen molar-refractivity contribution in [3.63, 3.8) is 0 Å². The van der Waals surface area contributed by atoms with Crippen molar-refractivity contribution in [3.8, 4) is 0 Å². The van der Waals surface area contributed by atoms with E-state index >= 15 is 0 Å². The number of piperazine rings is 1. The van der Waals surface area contributed by atoms with Crippen molar-refractivity contribution in [1.29, 1.82) is 0 Å². The normalized spacial score (nSPS) is 15.6. The first-order valence-electron chi connectivity index (χ1n) is 8.69. The molecule has 1 N–H and O–H groups in total. The molecular formula is C19H26FIN4O. The summed E-state index contributed by atoms with van der Waals surface area (Å²) < 4.78 is 18.6. The summed E-state index contributed by atoms with van der Waals surface area (Å²) in [6, 6.07) is 10.7. The van der Waals surface area contributed by atoms with Crippen LogP contribution in [0, 0.1) is 5.82 Å². The van der Waals surface area contributed by atoms with E-state index in [0.717, 1.165) is 63.0 Å². The molecule has 1 aliphatic rings. The molecule has 2 heterocycles. The van der Waals surface area contributed by atoms with Crippen LogP contribution in [-0.4, -0.2) is 55.5 Å². The summed E-state index contributed by atoms with van der Waals surface area (Å²) in [5, 5.41) is 3.40. The van der Waals surface area contributed by atoms with Gasteiger partial charge in [-0.05, 0) is 29.8 Å². The van der Waals surface area contributed by atoms with Crippen molar-refractivity contribution in [3.05, 3.63) is 59.8 Å². The average molecular weight is 472 g/mol. The van der Waals surface area contributed by atoms with Crippen molar-refractivity contribution in [2.45, 2.75) is 13.0 Å². The van der Waals surface area contributed by atoms with Crippen molar-refractivity contribution in [2.24, 2.45) is 4.99 Å². The number of guanidine groups is 1. The van der Waals surface area contributed by atoms with Gasteiger partial charge in [-0.15, -0.1) is 24.0 Å². The minimum Gasteiger partial charge on any atom is -0.469 e. The van der Waals surface area contributed by atoms with Gasteiger partial charge in [0.2, 0.25) is 0 Å². The molecule has 3 rings (SSSR count). The molecule has 1 aromatic heterocycles. The minimum atomic E-state index is -0.169. The fourth-order valence-corrected chi connectivity index (χ4v) is 3.10. The Balaban J connectivity index is 0.00000243. The monoisotopic (exact) mass is 472 g/mol. The summed E-state index contributed by atoms with van der Waals surface area (Å²) in [4.78, 5) is 9.00. The second-order valence-electron chi connectivity index (χ2n) is 6.20. The number of nitrogens with zero attached hydrogens (tertiary/aromatic N) is 3. The van der Waals surface area contributed by atoms with Crippen LogP contribution in [0.1, 0.15) is 11.3 Å². The molecular weight excluding hydrogens is 446 g/mol. The number of benzene rings is 1. The fraction of sp³-hybridized carbons (Fsp3) is 0.421.